The molecule has 27 heavy (non-hydrogen) atoms. The number of aliphatic imine (C=N–C) groups is 1. The second-order valence-corrected chi connectivity index (χ2v) is 7.00. The topological polar surface area (TPSA) is 54.7 Å². The van der Waals surface area contributed by atoms with E-state index < -0.39 is 0 Å². The molecule has 1 N–H and O–H groups in total. The summed E-state index contributed by atoms with van der Waals surface area (Å²) in [5.74, 6) is 2.51. The van der Waals surface area contributed by atoms with E-state index in [0.29, 0.717) is 25.1 Å². The van der Waals surface area contributed by atoms with Crippen LogP contribution in [-0.2, 0) is 6.54 Å². The molecule has 146 valence electrons. The average Bonchev–Trinajstić information content (AvgIpc) is 3.21. The normalized spacial score (nSPS) is 20.6. The number of nitrogens with zero attached hydrogens (tertiary/aromatic N) is 4. The number of piperidine rings is 1. The lowest BCUT2D eigenvalue weighted by Gasteiger charge is -2.39. The molecular weight excluding hydrogens is 338 g/mol. The lowest BCUT2D eigenvalue weighted by molar-refractivity contribution is 0.189. The van der Waals surface area contributed by atoms with Gasteiger partial charge in [0.25, 0.3) is 0 Å². The molecule has 1 aliphatic heterocycles. The maximum absolute atomic E-state index is 5.74. The fraction of sp³-hybridized carbons (Fsp3) is 0.524. The van der Waals surface area contributed by atoms with Gasteiger partial charge in [0, 0.05) is 37.6 Å². The van der Waals surface area contributed by atoms with Crippen molar-refractivity contribution in [2.45, 2.75) is 39.8 Å². The average molecular weight is 370 g/mol. The third-order valence-corrected chi connectivity index (χ3v) is 5.13. The number of nitrogens with one attached hydrogen (secondary N) is 1. The number of ether oxygens (including phenoxy) is 1. The van der Waals surface area contributed by atoms with Crippen molar-refractivity contribution < 1.29 is 4.74 Å². The molecule has 2 unspecified atom stereocenters. The number of imidazole rings is 1. The molecule has 0 radical (unpaired) electrons. The number of hydrogen-bond donors (Lipinski definition) is 1. The SMILES string of the molecule is CCNC(=NCc1ccccc1OCC)N1CCC(C)C(n2ccnc2)C1. The van der Waals surface area contributed by atoms with Crippen molar-refractivity contribution in [2.24, 2.45) is 10.9 Å². The molecule has 0 amide bonds. The van der Waals surface area contributed by atoms with E-state index in [0.717, 1.165) is 43.3 Å². The van der Waals surface area contributed by atoms with Crippen molar-refractivity contribution in [3.05, 3.63) is 48.5 Å². The second-order valence-electron chi connectivity index (χ2n) is 7.00. The van der Waals surface area contributed by atoms with Gasteiger partial charge >= 0.3 is 0 Å². The zero-order valence-corrected chi connectivity index (χ0v) is 16.6. The summed E-state index contributed by atoms with van der Waals surface area (Å²) >= 11 is 0. The van der Waals surface area contributed by atoms with Crippen LogP contribution >= 0.6 is 0 Å². The van der Waals surface area contributed by atoms with Gasteiger partial charge in [0.1, 0.15) is 5.75 Å². The number of guanidine groups is 1. The Morgan fingerprint density at radius 3 is 2.93 bits per heavy atom. The van der Waals surface area contributed by atoms with E-state index in [1.165, 1.54) is 0 Å². The first-order chi connectivity index (χ1) is 13.2. The molecule has 0 aliphatic carbocycles. The maximum Gasteiger partial charge on any atom is 0.194 e. The molecule has 1 aliphatic rings. The summed E-state index contributed by atoms with van der Waals surface area (Å²) in [5, 5.41) is 3.46. The molecule has 2 heterocycles. The predicted octanol–water partition coefficient (Wildman–Crippen LogP) is 3.33. The first-order valence-corrected chi connectivity index (χ1v) is 9.94. The van der Waals surface area contributed by atoms with Gasteiger partial charge in [-0.05, 0) is 32.3 Å². The Bertz CT molecular complexity index is 728. The second kappa shape index (κ2) is 9.44. The van der Waals surface area contributed by atoms with Gasteiger partial charge in [0.05, 0.1) is 25.5 Å². The van der Waals surface area contributed by atoms with Crippen molar-refractivity contribution >= 4 is 5.96 Å². The van der Waals surface area contributed by atoms with Crippen LogP contribution in [0, 0.1) is 5.92 Å². The van der Waals surface area contributed by atoms with E-state index in [1.54, 1.807) is 0 Å². The number of aromatic nitrogens is 2. The van der Waals surface area contributed by atoms with Gasteiger partial charge in [0.15, 0.2) is 5.96 Å². The van der Waals surface area contributed by atoms with Crippen LogP contribution in [0.15, 0.2) is 48.0 Å². The number of benzene rings is 1. The Kier molecular flexibility index (Phi) is 6.74. The summed E-state index contributed by atoms with van der Waals surface area (Å²) < 4.78 is 7.97. The number of para-hydroxylation sites is 1. The molecule has 2 aromatic rings. The van der Waals surface area contributed by atoms with Crippen LogP contribution in [0.1, 0.15) is 38.8 Å². The van der Waals surface area contributed by atoms with Crippen molar-refractivity contribution in [3.8, 4) is 5.75 Å². The van der Waals surface area contributed by atoms with Gasteiger partial charge in [-0.15, -0.1) is 0 Å². The summed E-state index contributed by atoms with van der Waals surface area (Å²) in [4.78, 5) is 11.5. The highest BCUT2D eigenvalue weighted by Gasteiger charge is 2.28. The Balaban J connectivity index is 1.75. The molecule has 3 rings (SSSR count). The monoisotopic (exact) mass is 369 g/mol. The quantitative estimate of drug-likeness (QED) is 0.627. The lowest BCUT2D eigenvalue weighted by atomic mass is 9.93. The van der Waals surface area contributed by atoms with Gasteiger partial charge in [-0.25, -0.2) is 9.98 Å². The minimum absolute atomic E-state index is 0.417. The molecule has 1 fully saturated rings. The van der Waals surface area contributed by atoms with Crippen molar-refractivity contribution in [2.75, 3.05) is 26.2 Å². The van der Waals surface area contributed by atoms with Crippen LogP contribution in [0.25, 0.3) is 0 Å². The standard InChI is InChI=1S/C21H31N5O/c1-4-23-21(24-14-18-8-6-7-9-20(18)27-5-2)25-12-10-17(3)19(15-25)26-13-11-22-16-26/h6-9,11,13,16-17,19H,4-5,10,12,14-15H2,1-3H3,(H,23,24). The number of rotatable bonds is 6. The summed E-state index contributed by atoms with van der Waals surface area (Å²) in [6.07, 6.45) is 6.98. The first-order valence-electron chi connectivity index (χ1n) is 9.94. The van der Waals surface area contributed by atoms with Crippen LogP contribution in [0.5, 0.6) is 5.75 Å². The summed E-state index contributed by atoms with van der Waals surface area (Å²) in [5.41, 5.74) is 1.12. The van der Waals surface area contributed by atoms with E-state index in [2.05, 4.69) is 45.9 Å². The van der Waals surface area contributed by atoms with Crippen LogP contribution in [-0.4, -0.2) is 46.7 Å². The minimum atomic E-state index is 0.417. The van der Waals surface area contributed by atoms with Gasteiger partial charge < -0.3 is 19.5 Å². The van der Waals surface area contributed by atoms with Crippen molar-refractivity contribution in [1.29, 1.82) is 0 Å². The highest BCUT2D eigenvalue weighted by molar-refractivity contribution is 5.80. The van der Waals surface area contributed by atoms with E-state index in [-0.39, 0.29) is 0 Å². The Hall–Kier alpha value is -2.50. The highest BCUT2D eigenvalue weighted by atomic mass is 16.5. The fourth-order valence-corrected chi connectivity index (χ4v) is 3.61. The van der Waals surface area contributed by atoms with Gasteiger partial charge in [-0.3, -0.25) is 0 Å². The largest absolute Gasteiger partial charge is 0.494 e. The van der Waals surface area contributed by atoms with Crippen LogP contribution in [0.3, 0.4) is 0 Å². The lowest BCUT2D eigenvalue weighted by Crippen LogP contribution is -2.49. The van der Waals surface area contributed by atoms with Crippen molar-refractivity contribution in [1.82, 2.24) is 19.8 Å². The zero-order valence-electron chi connectivity index (χ0n) is 16.6. The van der Waals surface area contributed by atoms with E-state index in [9.17, 15) is 0 Å². The van der Waals surface area contributed by atoms with E-state index in [1.807, 2.05) is 37.6 Å². The molecule has 2 atom stereocenters. The molecule has 0 bridgehead atoms. The van der Waals surface area contributed by atoms with Gasteiger partial charge in [0.2, 0.25) is 0 Å². The number of hydrogen-bond acceptors (Lipinski definition) is 3. The third-order valence-electron chi connectivity index (χ3n) is 5.13. The maximum atomic E-state index is 5.74. The van der Waals surface area contributed by atoms with Crippen LogP contribution < -0.4 is 10.1 Å². The van der Waals surface area contributed by atoms with Gasteiger partial charge in [-0.1, -0.05) is 25.1 Å². The highest BCUT2D eigenvalue weighted by Crippen LogP contribution is 2.27. The Morgan fingerprint density at radius 2 is 2.19 bits per heavy atom. The Labute approximate surface area is 162 Å². The third kappa shape index (κ3) is 4.81. The molecule has 6 heteroatoms. The van der Waals surface area contributed by atoms with Gasteiger partial charge in [-0.2, -0.15) is 0 Å². The van der Waals surface area contributed by atoms with Crippen LogP contribution in [0.2, 0.25) is 0 Å². The summed E-state index contributed by atoms with van der Waals surface area (Å²) in [6, 6.07) is 8.56. The molecule has 1 aromatic carbocycles. The van der Waals surface area contributed by atoms with Crippen LogP contribution in [0.4, 0.5) is 0 Å². The molecule has 6 nitrogen and oxygen atoms in total. The zero-order chi connectivity index (χ0) is 19.1. The Morgan fingerprint density at radius 1 is 1.33 bits per heavy atom. The molecule has 0 saturated carbocycles. The summed E-state index contributed by atoms with van der Waals surface area (Å²) in [6.45, 7) is 10.5. The van der Waals surface area contributed by atoms with Crippen molar-refractivity contribution in [3.63, 3.8) is 0 Å². The van der Waals surface area contributed by atoms with E-state index >= 15 is 0 Å². The molecule has 1 aromatic heterocycles. The number of likely N-dealkylation sites (tertiary alicyclic amines) is 1. The fourth-order valence-electron chi connectivity index (χ4n) is 3.61. The first kappa shape index (κ1) is 19.3. The van der Waals surface area contributed by atoms with E-state index in [4.69, 9.17) is 9.73 Å². The predicted molar refractivity (Wildman–Crippen MR) is 109 cm³/mol. The minimum Gasteiger partial charge on any atom is -0.494 e. The summed E-state index contributed by atoms with van der Waals surface area (Å²) in [7, 11) is 0. The molecule has 1 saturated heterocycles. The molecular formula is C21H31N5O. The molecule has 0 spiro atoms. The smallest absolute Gasteiger partial charge is 0.194 e.